The zero-order chi connectivity index (χ0) is 13.1. The molecular formula is C15H14N4. The maximum atomic E-state index is 4.54. The van der Waals surface area contributed by atoms with Crippen LogP contribution < -0.4 is 5.32 Å². The highest BCUT2D eigenvalue weighted by Crippen LogP contribution is 2.22. The predicted octanol–water partition coefficient (Wildman–Crippen LogP) is 3.12. The van der Waals surface area contributed by atoms with Gasteiger partial charge in [0.25, 0.3) is 0 Å². The van der Waals surface area contributed by atoms with Crippen LogP contribution in [0.2, 0.25) is 0 Å². The third kappa shape index (κ3) is 2.38. The molecule has 0 aliphatic heterocycles. The van der Waals surface area contributed by atoms with Gasteiger partial charge in [-0.15, -0.1) is 0 Å². The van der Waals surface area contributed by atoms with Crippen molar-refractivity contribution in [3.05, 3.63) is 48.9 Å². The summed E-state index contributed by atoms with van der Waals surface area (Å²) in [6.45, 7) is 2.87. The van der Waals surface area contributed by atoms with Gasteiger partial charge in [-0.1, -0.05) is 18.2 Å². The van der Waals surface area contributed by atoms with E-state index in [0.717, 1.165) is 34.5 Å². The van der Waals surface area contributed by atoms with E-state index in [0.29, 0.717) is 0 Å². The van der Waals surface area contributed by atoms with E-state index in [1.54, 1.807) is 18.6 Å². The van der Waals surface area contributed by atoms with Gasteiger partial charge >= 0.3 is 0 Å². The van der Waals surface area contributed by atoms with Crippen LogP contribution in [0.15, 0.2) is 48.9 Å². The molecule has 0 unspecified atom stereocenters. The lowest BCUT2D eigenvalue weighted by Gasteiger charge is -2.05. The van der Waals surface area contributed by atoms with Crippen molar-refractivity contribution in [1.82, 2.24) is 15.0 Å². The first-order chi connectivity index (χ1) is 9.36. The van der Waals surface area contributed by atoms with Crippen LogP contribution >= 0.6 is 0 Å². The van der Waals surface area contributed by atoms with E-state index >= 15 is 0 Å². The summed E-state index contributed by atoms with van der Waals surface area (Å²) in [7, 11) is 0. The smallest absolute Gasteiger partial charge is 0.145 e. The van der Waals surface area contributed by atoms with E-state index in [-0.39, 0.29) is 0 Å². The molecule has 0 aliphatic carbocycles. The molecule has 0 amide bonds. The molecule has 0 aliphatic rings. The van der Waals surface area contributed by atoms with Crippen molar-refractivity contribution in [2.75, 3.05) is 11.9 Å². The largest absolute Gasteiger partial charge is 0.369 e. The van der Waals surface area contributed by atoms with Crippen LogP contribution in [-0.2, 0) is 0 Å². The maximum Gasteiger partial charge on any atom is 0.145 e. The van der Waals surface area contributed by atoms with Crippen molar-refractivity contribution in [3.8, 4) is 11.3 Å². The van der Waals surface area contributed by atoms with E-state index in [4.69, 9.17) is 0 Å². The number of anilines is 1. The minimum absolute atomic E-state index is 0.793. The number of nitrogens with zero attached hydrogens (tertiary/aromatic N) is 3. The van der Waals surface area contributed by atoms with Gasteiger partial charge in [-0.25, -0.2) is 4.98 Å². The average Bonchev–Trinajstić information content (AvgIpc) is 2.47. The lowest BCUT2D eigenvalue weighted by atomic mass is 10.1. The Morgan fingerprint density at radius 2 is 2.11 bits per heavy atom. The second kappa shape index (κ2) is 5.02. The predicted molar refractivity (Wildman–Crippen MR) is 76.9 cm³/mol. The second-order valence-electron chi connectivity index (χ2n) is 4.23. The summed E-state index contributed by atoms with van der Waals surface area (Å²) in [6, 6.07) is 10.1. The van der Waals surface area contributed by atoms with Crippen molar-refractivity contribution < 1.29 is 0 Å². The molecule has 1 N–H and O–H groups in total. The summed E-state index contributed by atoms with van der Waals surface area (Å²) in [4.78, 5) is 13.1. The molecule has 0 spiro atoms. The molecule has 0 saturated heterocycles. The first-order valence-corrected chi connectivity index (χ1v) is 6.28. The topological polar surface area (TPSA) is 50.7 Å². The number of hydrogen-bond donors (Lipinski definition) is 1. The highest BCUT2D eigenvalue weighted by atomic mass is 15.0. The number of benzene rings is 1. The molecule has 3 rings (SSSR count). The highest BCUT2D eigenvalue weighted by molar-refractivity contribution is 5.83. The Hall–Kier alpha value is -2.49. The highest BCUT2D eigenvalue weighted by Gasteiger charge is 2.03. The molecular weight excluding hydrogens is 236 g/mol. The first-order valence-electron chi connectivity index (χ1n) is 6.28. The number of aromatic nitrogens is 3. The van der Waals surface area contributed by atoms with Crippen molar-refractivity contribution in [1.29, 1.82) is 0 Å². The minimum atomic E-state index is 0.793. The lowest BCUT2D eigenvalue weighted by Crippen LogP contribution is -2.00. The number of rotatable bonds is 3. The molecule has 94 valence electrons. The van der Waals surface area contributed by atoms with Gasteiger partial charge in [0.1, 0.15) is 5.82 Å². The third-order valence-corrected chi connectivity index (χ3v) is 2.89. The fourth-order valence-corrected chi connectivity index (χ4v) is 2.00. The standard InChI is InChI=1S/C15H14N4/c1-2-17-15-10-16-9-14(19-15)12-6-5-11-4-3-7-18-13(11)8-12/h3-10H,2H2,1H3,(H,17,19). The molecule has 4 nitrogen and oxygen atoms in total. The molecule has 1 aromatic carbocycles. The fraction of sp³-hybridized carbons (Fsp3) is 0.133. The summed E-state index contributed by atoms with van der Waals surface area (Å²) in [5.41, 5.74) is 2.85. The van der Waals surface area contributed by atoms with Crippen molar-refractivity contribution in [3.63, 3.8) is 0 Å². The molecule has 2 aromatic heterocycles. The van der Waals surface area contributed by atoms with Crippen LogP contribution in [0.3, 0.4) is 0 Å². The number of fused-ring (bicyclic) bond motifs is 1. The summed E-state index contributed by atoms with van der Waals surface area (Å²) in [5, 5.41) is 4.29. The molecule has 0 bridgehead atoms. The minimum Gasteiger partial charge on any atom is -0.369 e. The SMILES string of the molecule is CCNc1cncc(-c2ccc3cccnc3c2)n1. The summed E-state index contributed by atoms with van der Waals surface area (Å²) < 4.78 is 0. The third-order valence-electron chi connectivity index (χ3n) is 2.89. The molecule has 0 atom stereocenters. The molecule has 3 aromatic rings. The van der Waals surface area contributed by atoms with Gasteiger partial charge in [-0.2, -0.15) is 0 Å². The first kappa shape index (κ1) is 11.6. The van der Waals surface area contributed by atoms with Gasteiger partial charge in [0.2, 0.25) is 0 Å². The van der Waals surface area contributed by atoms with Gasteiger partial charge < -0.3 is 5.32 Å². The van der Waals surface area contributed by atoms with Crippen LogP contribution in [0, 0.1) is 0 Å². The zero-order valence-electron chi connectivity index (χ0n) is 10.7. The fourth-order valence-electron chi connectivity index (χ4n) is 2.00. The molecule has 19 heavy (non-hydrogen) atoms. The Morgan fingerprint density at radius 1 is 1.16 bits per heavy atom. The van der Waals surface area contributed by atoms with E-state index in [1.165, 1.54) is 0 Å². The quantitative estimate of drug-likeness (QED) is 0.776. The van der Waals surface area contributed by atoms with Gasteiger partial charge in [0.15, 0.2) is 0 Å². The van der Waals surface area contributed by atoms with Crippen LogP contribution in [0.25, 0.3) is 22.2 Å². The summed E-state index contributed by atoms with van der Waals surface area (Å²) in [5.74, 6) is 0.793. The van der Waals surface area contributed by atoms with Gasteiger partial charge in [0.05, 0.1) is 23.6 Å². The van der Waals surface area contributed by atoms with Gasteiger partial charge in [-0.3, -0.25) is 9.97 Å². The molecule has 0 fully saturated rings. The van der Waals surface area contributed by atoms with E-state index in [2.05, 4.69) is 26.3 Å². The normalized spacial score (nSPS) is 10.6. The average molecular weight is 250 g/mol. The molecule has 4 heteroatoms. The Labute approximate surface area is 111 Å². The van der Waals surface area contributed by atoms with E-state index < -0.39 is 0 Å². The number of hydrogen-bond acceptors (Lipinski definition) is 4. The lowest BCUT2D eigenvalue weighted by molar-refractivity contribution is 1.12. The Bertz CT molecular complexity index is 709. The number of nitrogens with one attached hydrogen (secondary N) is 1. The zero-order valence-corrected chi connectivity index (χ0v) is 10.7. The molecule has 0 saturated carbocycles. The van der Waals surface area contributed by atoms with Crippen molar-refractivity contribution in [2.45, 2.75) is 6.92 Å². The molecule has 2 heterocycles. The maximum absolute atomic E-state index is 4.54. The Balaban J connectivity index is 2.05. The van der Waals surface area contributed by atoms with Crippen LogP contribution in [-0.4, -0.2) is 21.5 Å². The Kier molecular flexibility index (Phi) is 3.06. The van der Waals surface area contributed by atoms with Crippen LogP contribution in [0.5, 0.6) is 0 Å². The summed E-state index contributed by atoms with van der Waals surface area (Å²) in [6.07, 6.45) is 5.30. The van der Waals surface area contributed by atoms with Crippen molar-refractivity contribution >= 4 is 16.7 Å². The molecule has 0 radical (unpaired) electrons. The van der Waals surface area contributed by atoms with E-state index in [1.807, 2.05) is 31.2 Å². The van der Waals surface area contributed by atoms with Gasteiger partial charge in [-0.05, 0) is 19.1 Å². The number of pyridine rings is 1. The monoisotopic (exact) mass is 250 g/mol. The van der Waals surface area contributed by atoms with E-state index in [9.17, 15) is 0 Å². The van der Waals surface area contributed by atoms with Gasteiger partial charge in [0, 0.05) is 23.7 Å². The second-order valence-corrected chi connectivity index (χ2v) is 4.23. The van der Waals surface area contributed by atoms with Crippen LogP contribution in [0.1, 0.15) is 6.92 Å². The van der Waals surface area contributed by atoms with Crippen LogP contribution in [0.4, 0.5) is 5.82 Å². The summed E-state index contributed by atoms with van der Waals surface area (Å²) >= 11 is 0. The van der Waals surface area contributed by atoms with Crippen molar-refractivity contribution in [2.24, 2.45) is 0 Å². The Morgan fingerprint density at radius 3 is 3.00 bits per heavy atom.